The zero-order chi connectivity index (χ0) is 18.8. The van der Waals surface area contributed by atoms with Crippen LogP contribution in [-0.2, 0) is 14.3 Å². The predicted molar refractivity (Wildman–Crippen MR) is 90.2 cm³/mol. The van der Waals surface area contributed by atoms with Crippen LogP contribution in [0.15, 0.2) is 30.0 Å². The number of carbonyl (C=O) groups is 3. The number of ether oxygens (including phenoxy) is 2. The monoisotopic (exact) mass is 365 g/mol. The van der Waals surface area contributed by atoms with Crippen LogP contribution in [0.5, 0.6) is 0 Å². The van der Waals surface area contributed by atoms with Crippen molar-refractivity contribution in [3.8, 4) is 6.07 Å². The minimum absolute atomic E-state index is 0.116. The van der Waals surface area contributed by atoms with Crippen molar-refractivity contribution in [3.05, 3.63) is 41.1 Å². The number of nitrogens with zero attached hydrogens (tertiary/aromatic N) is 1. The summed E-state index contributed by atoms with van der Waals surface area (Å²) >= 11 is 5.47. The van der Waals surface area contributed by atoms with Gasteiger partial charge in [0.05, 0.1) is 31.0 Å². The first kappa shape index (κ1) is 20.0. The molecule has 0 heterocycles. The summed E-state index contributed by atoms with van der Waals surface area (Å²) < 4.78 is 9.28. The lowest BCUT2D eigenvalue weighted by Gasteiger charge is -2.10. The van der Waals surface area contributed by atoms with Crippen LogP contribution < -0.4 is 10.6 Å². The number of rotatable bonds is 7. The second kappa shape index (κ2) is 9.95. The van der Waals surface area contributed by atoms with Crippen molar-refractivity contribution in [3.63, 3.8) is 0 Å². The van der Waals surface area contributed by atoms with Crippen LogP contribution in [0.2, 0.25) is 0 Å². The van der Waals surface area contributed by atoms with Crippen LogP contribution in [0.4, 0.5) is 5.69 Å². The summed E-state index contributed by atoms with van der Waals surface area (Å²) in [6.07, 6.45) is 1.12. The summed E-state index contributed by atoms with van der Waals surface area (Å²) in [7, 11) is 2.43. The summed E-state index contributed by atoms with van der Waals surface area (Å²) in [5.41, 5.74) is 0.234. The molecule has 0 unspecified atom stereocenters. The Balaban J connectivity index is 3.17. The number of halogens is 1. The van der Waals surface area contributed by atoms with Crippen molar-refractivity contribution in [1.29, 1.82) is 5.26 Å². The van der Waals surface area contributed by atoms with E-state index in [1.54, 1.807) is 6.07 Å². The summed E-state index contributed by atoms with van der Waals surface area (Å²) in [6.45, 7) is 0.199. The fraction of sp³-hybridized carbons (Fsp3) is 0.250. The highest BCUT2D eigenvalue weighted by Gasteiger charge is 2.16. The molecule has 0 aromatic heterocycles. The predicted octanol–water partition coefficient (Wildman–Crippen LogP) is 1.43. The van der Waals surface area contributed by atoms with Crippen molar-refractivity contribution < 1.29 is 23.9 Å². The van der Waals surface area contributed by atoms with Crippen LogP contribution in [0, 0.1) is 11.3 Å². The molecule has 0 bridgehead atoms. The van der Waals surface area contributed by atoms with Gasteiger partial charge in [-0.1, -0.05) is 0 Å². The van der Waals surface area contributed by atoms with Gasteiger partial charge in [-0.05, 0) is 18.2 Å². The largest absolute Gasteiger partial charge is 0.465 e. The van der Waals surface area contributed by atoms with Crippen molar-refractivity contribution in [2.75, 3.05) is 32.0 Å². The van der Waals surface area contributed by atoms with E-state index in [1.165, 1.54) is 32.4 Å². The molecule has 0 radical (unpaired) electrons. The number of anilines is 1. The highest BCUT2D eigenvalue weighted by Crippen LogP contribution is 2.20. The quantitative estimate of drug-likeness (QED) is 0.325. The van der Waals surface area contributed by atoms with Gasteiger partial charge in [0.25, 0.3) is 5.91 Å². The third-order valence-corrected chi connectivity index (χ3v) is 3.15. The van der Waals surface area contributed by atoms with Crippen molar-refractivity contribution >= 4 is 35.1 Å². The Kier molecular flexibility index (Phi) is 7.96. The molecule has 1 rings (SSSR count). The molecular formula is C16H16ClN3O5. The summed E-state index contributed by atoms with van der Waals surface area (Å²) in [4.78, 5) is 35.2. The van der Waals surface area contributed by atoms with E-state index in [0.29, 0.717) is 0 Å². The molecule has 132 valence electrons. The molecule has 8 nitrogen and oxygen atoms in total. The lowest BCUT2D eigenvalue weighted by Crippen LogP contribution is -2.26. The smallest absolute Gasteiger partial charge is 0.339 e. The lowest BCUT2D eigenvalue weighted by atomic mass is 10.1. The third-order valence-electron chi connectivity index (χ3n) is 2.96. The van der Waals surface area contributed by atoms with E-state index in [1.807, 2.05) is 0 Å². The SMILES string of the molecule is COC(=O)c1ccc(C(=O)OC)c(N/C=C(/C#N)C(=O)NCCCl)c1. The third kappa shape index (κ3) is 5.51. The van der Waals surface area contributed by atoms with Crippen molar-refractivity contribution in [1.82, 2.24) is 5.32 Å². The highest BCUT2D eigenvalue weighted by atomic mass is 35.5. The summed E-state index contributed by atoms with van der Waals surface area (Å²) in [6, 6.07) is 5.84. The number of nitriles is 1. The van der Waals surface area contributed by atoms with Gasteiger partial charge < -0.3 is 20.1 Å². The number of hydrogen-bond acceptors (Lipinski definition) is 7. The number of benzene rings is 1. The van der Waals surface area contributed by atoms with Crippen LogP contribution in [-0.4, -0.2) is 44.5 Å². The van der Waals surface area contributed by atoms with E-state index in [-0.39, 0.29) is 34.8 Å². The topological polar surface area (TPSA) is 118 Å². The van der Waals surface area contributed by atoms with Crippen molar-refractivity contribution in [2.45, 2.75) is 0 Å². The average Bonchev–Trinajstić information content (AvgIpc) is 2.65. The Labute approximate surface area is 149 Å². The van der Waals surface area contributed by atoms with Gasteiger partial charge >= 0.3 is 11.9 Å². The van der Waals surface area contributed by atoms with E-state index in [9.17, 15) is 14.4 Å². The Morgan fingerprint density at radius 3 is 2.48 bits per heavy atom. The molecule has 2 N–H and O–H groups in total. The van der Waals surface area contributed by atoms with Crippen LogP contribution >= 0.6 is 11.6 Å². The average molecular weight is 366 g/mol. The zero-order valence-corrected chi connectivity index (χ0v) is 14.3. The van der Waals surface area contributed by atoms with E-state index in [2.05, 4.69) is 20.1 Å². The molecule has 0 aliphatic heterocycles. The first-order valence-electron chi connectivity index (χ1n) is 7.00. The van der Waals surface area contributed by atoms with E-state index in [4.69, 9.17) is 16.9 Å². The first-order valence-corrected chi connectivity index (χ1v) is 7.53. The normalized spacial score (nSPS) is 10.4. The van der Waals surface area contributed by atoms with Gasteiger partial charge in [0.15, 0.2) is 0 Å². The molecule has 0 atom stereocenters. The van der Waals surface area contributed by atoms with Gasteiger partial charge in [0, 0.05) is 18.6 Å². The molecule has 0 aliphatic carbocycles. The van der Waals surface area contributed by atoms with Gasteiger partial charge in [-0.15, -0.1) is 11.6 Å². The number of methoxy groups -OCH3 is 2. The standard InChI is InChI=1S/C16H16ClN3O5/c1-24-15(22)10-3-4-12(16(23)25-2)13(7-10)20-9-11(8-18)14(21)19-6-5-17/h3-4,7,9,20H,5-6H2,1-2H3,(H,19,21)/b11-9-. The molecule has 0 spiro atoms. The molecule has 0 aliphatic rings. The van der Waals surface area contributed by atoms with Gasteiger partial charge in [-0.25, -0.2) is 9.59 Å². The second-order valence-electron chi connectivity index (χ2n) is 4.50. The molecule has 0 saturated carbocycles. The van der Waals surface area contributed by atoms with Gasteiger partial charge in [0.1, 0.15) is 11.6 Å². The maximum absolute atomic E-state index is 11.8. The maximum atomic E-state index is 11.8. The Hall–Kier alpha value is -3.05. The molecule has 0 saturated heterocycles. The van der Waals surface area contributed by atoms with Crippen molar-refractivity contribution in [2.24, 2.45) is 0 Å². The maximum Gasteiger partial charge on any atom is 0.339 e. The molecule has 9 heteroatoms. The number of hydrogen-bond donors (Lipinski definition) is 2. The van der Waals surface area contributed by atoms with Crippen LogP contribution in [0.1, 0.15) is 20.7 Å². The number of esters is 2. The Bertz CT molecular complexity index is 740. The van der Waals surface area contributed by atoms with Gasteiger partial charge in [-0.2, -0.15) is 5.26 Å². The Morgan fingerprint density at radius 1 is 1.24 bits per heavy atom. The fourth-order valence-electron chi connectivity index (χ4n) is 1.75. The number of carbonyl (C=O) groups excluding carboxylic acids is 3. The molecular weight excluding hydrogens is 350 g/mol. The Morgan fingerprint density at radius 2 is 1.92 bits per heavy atom. The molecule has 1 aromatic rings. The summed E-state index contributed by atoms with van der Waals surface area (Å²) in [5.74, 6) is -1.69. The minimum Gasteiger partial charge on any atom is -0.465 e. The molecule has 1 amide bonds. The zero-order valence-electron chi connectivity index (χ0n) is 13.6. The van der Waals surface area contributed by atoms with Gasteiger partial charge in [0.2, 0.25) is 0 Å². The van der Waals surface area contributed by atoms with E-state index in [0.717, 1.165) is 6.20 Å². The van der Waals surface area contributed by atoms with Crippen LogP contribution in [0.3, 0.4) is 0 Å². The van der Waals surface area contributed by atoms with E-state index < -0.39 is 17.8 Å². The van der Waals surface area contributed by atoms with E-state index >= 15 is 0 Å². The fourth-order valence-corrected chi connectivity index (χ4v) is 1.85. The minimum atomic E-state index is -0.655. The first-order chi connectivity index (χ1) is 12.0. The number of alkyl halides is 1. The molecule has 1 aromatic carbocycles. The second-order valence-corrected chi connectivity index (χ2v) is 4.88. The lowest BCUT2D eigenvalue weighted by molar-refractivity contribution is -0.117. The van der Waals surface area contributed by atoms with Crippen LogP contribution in [0.25, 0.3) is 0 Å². The van der Waals surface area contributed by atoms with Gasteiger partial charge in [-0.3, -0.25) is 4.79 Å². The summed E-state index contributed by atoms with van der Waals surface area (Å²) in [5, 5.41) is 14.2. The number of amides is 1. The number of nitrogens with one attached hydrogen (secondary N) is 2. The molecule has 0 fully saturated rings. The highest BCUT2D eigenvalue weighted by molar-refractivity contribution is 6.18. The molecule has 25 heavy (non-hydrogen) atoms.